The SMILES string of the molecule is CCC[C@@H](N[C@H](C)C(=O)N1[C@H](C)C[C@@H]2CCCC[C@@H]21)C1OC(C)O1. The van der Waals surface area contributed by atoms with Crippen LogP contribution in [0.25, 0.3) is 0 Å². The number of hydrogen-bond acceptors (Lipinski definition) is 4. The predicted molar refractivity (Wildman–Crippen MR) is 93.4 cm³/mol. The molecule has 0 spiro atoms. The van der Waals surface area contributed by atoms with Crippen molar-refractivity contribution < 1.29 is 14.3 Å². The molecule has 0 aromatic rings. The van der Waals surface area contributed by atoms with E-state index in [0.29, 0.717) is 12.1 Å². The number of nitrogens with one attached hydrogen (secondary N) is 1. The number of carbonyl (C=O) groups excluding carboxylic acids is 1. The largest absolute Gasteiger partial charge is 0.335 e. The van der Waals surface area contributed by atoms with Crippen LogP contribution in [0.2, 0.25) is 0 Å². The summed E-state index contributed by atoms with van der Waals surface area (Å²) in [5.74, 6) is 0.973. The maximum absolute atomic E-state index is 13.1. The van der Waals surface area contributed by atoms with E-state index in [-0.39, 0.29) is 30.6 Å². The minimum atomic E-state index is -0.214. The molecule has 1 saturated carbocycles. The monoisotopic (exact) mass is 338 g/mol. The molecule has 0 aromatic heterocycles. The molecule has 0 unspecified atom stereocenters. The molecule has 3 rings (SSSR count). The Labute approximate surface area is 146 Å². The Kier molecular flexibility index (Phi) is 5.83. The number of rotatable bonds is 6. The van der Waals surface area contributed by atoms with Crippen LogP contribution in [0, 0.1) is 5.92 Å². The van der Waals surface area contributed by atoms with E-state index in [1.54, 1.807) is 0 Å². The summed E-state index contributed by atoms with van der Waals surface area (Å²) < 4.78 is 11.3. The Morgan fingerprint density at radius 1 is 1.25 bits per heavy atom. The first-order chi connectivity index (χ1) is 11.5. The number of nitrogens with zero attached hydrogens (tertiary/aromatic N) is 1. The van der Waals surface area contributed by atoms with E-state index >= 15 is 0 Å². The summed E-state index contributed by atoms with van der Waals surface area (Å²) in [7, 11) is 0. The van der Waals surface area contributed by atoms with E-state index in [4.69, 9.17) is 9.47 Å². The molecule has 1 N–H and O–H groups in total. The maximum atomic E-state index is 13.1. The third kappa shape index (κ3) is 3.63. The molecule has 2 saturated heterocycles. The summed E-state index contributed by atoms with van der Waals surface area (Å²) in [4.78, 5) is 15.3. The van der Waals surface area contributed by atoms with E-state index in [2.05, 4.69) is 24.1 Å². The van der Waals surface area contributed by atoms with Crippen molar-refractivity contribution in [2.24, 2.45) is 5.92 Å². The van der Waals surface area contributed by atoms with Gasteiger partial charge in [0.2, 0.25) is 5.91 Å². The standard InChI is InChI=1S/C19H34N2O3/c1-5-8-16(19-23-14(4)24-19)20-13(3)18(22)21-12(2)11-15-9-6-7-10-17(15)21/h12-17,19-20H,5-11H2,1-4H3/t12-,13-,14?,15+,16-,17+,19?/m1/s1. The van der Waals surface area contributed by atoms with Crippen molar-refractivity contribution in [2.75, 3.05) is 0 Å². The van der Waals surface area contributed by atoms with Crippen LogP contribution in [0.1, 0.15) is 72.6 Å². The third-order valence-corrected chi connectivity index (χ3v) is 6.01. The van der Waals surface area contributed by atoms with Crippen molar-refractivity contribution in [3.63, 3.8) is 0 Å². The minimum Gasteiger partial charge on any atom is -0.335 e. The molecule has 0 aromatic carbocycles. The highest BCUT2D eigenvalue weighted by Crippen LogP contribution is 2.39. The van der Waals surface area contributed by atoms with Gasteiger partial charge >= 0.3 is 0 Å². The van der Waals surface area contributed by atoms with Crippen molar-refractivity contribution >= 4 is 5.91 Å². The molecule has 0 bridgehead atoms. The normalized spacial score (nSPS) is 38.3. The Balaban J connectivity index is 1.60. The van der Waals surface area contributed by atoms with Gasteiger partial charge in [-0.05, 0) is 52.4 Å². The molecule has 5 heteroatoms. The Morgan fingerprint density at radius 2 is 1.96 bits per heavy atom. The zero-order valence-electron chi connectivity index (χ0n) is 15.7. The Morgan fingerprint density at radius 3 is 2.62 bits per heavy atom. The predicted octanol–water partition coefficient (Wildman–Crippen LogP) is 3.03. The molecular weight excluding hydrogens is 304 g/mol. The van der Waals surface area contributed by atoms with Gasteiger partial charge in [0.15, 0.2) is 12.6 Å². The van der Waals surface area contributed by atoms with E-state index in [9.17, 15) is 4.79 Å². The molecule has 5 nitrogen and oxygen atoms in total. The molecule has 24 heavy (non-hydrogen) atoms. The van der Waals surface area contributed by atoms with Gasteiger partial charge in [0.05, 0.1) is 12.1 Å². The molecule has 138 valence electrons. The van der Waals surface area contributed by atoms with Gasteiger partial charge in [-0.3, -0.25) is 10.1 Å². The number of carbonyl (C=O) groups is 1. The van der Waals surface area contributed by atoms with Gasteiger partial charge in [-0.25, -0.2) is 0 Å². The van der Waals surface area contributed by atoms with Crippen LogP contribution in [0.3, 0.4) is 0 Å². The fraction of sp³-hybridized carbons (Fsp3) is 0.947. The second-order valence-corrected chi connectivity index (χ2v) is 7.93. The van der Waals surface area contributed by atoms with Crippen LogP contribution in [-0.2, 0) is 14.3 Å². The van der Waals surface area contributed by atoms with Crippen LogP contribution >= 0.6 is 0 Å². The van der Waals surface area contributed by atoms with Crippen LogP contribution < -0.4 is 5.32 Å². The fourth-order valence-electron chi connectivity index (χ4n) is 4.89. The van der Waals surface area contributed by atoms with E-state index < -0.39 is 0 Å². The van der Waals surface area contributed by atoms with Gasteiger partial charge in [0, 0.05) is 12.1 Å². The average molecular weight is 338 g/mol. The van der Waals surface area contributed by atoms with Gasteiger partial charge in [-0.2, -0.15) is 0 Å². The van der Waals surface area contributed by atoms with Gasteiger partial charge in [-0.1, -0.05) is 26.2 Å². The topological polar surface area (TPSA) is 50.8 Å². The molecular formula is C19H34N2O3. The molecule has 1 aliphatic carbocycles. The Hall–Kier alpha value is -0.650. The van der Waals surface area contributed by atoms with Gasteiger partial charge < -0.3 is 14.4 Å². The number of ether oxygens (including phenoxy) is 2. The summed E-state index contributed by atoms with van der Waals surface area (Å²) >= 11 is 0. The van der Waals surface area contributed by atoms with Gasteiger partial charge in [0.25, 0.3) is 0 Å². The molecule has 3 fully saturated rings. The van der Waals surface area contributed by atoms with E-state index in [1.807, 2.05) is 13.8 Å². The van der Waals surface area contributed by atoms with E-state index in [0.717, 1.165) is 18.8 Å². The molecule has 1 amide bonds. The maximum Gasteiger partial charge on any atom is 0.239 e. The van der Waals surface area contributed by atoms with Gasteiger partial charge in [0.1, 0.15) is 0 Å². The van der Waals surface area contributed by atoms with Crippen LogP contribution in [-0.4, -0.2) is 47.6 Å². The summed E-state index contributed by atoms with van der Waals surface area (Å²) in [5.41, 5.74) is 0. The average Bonchev–Trinajstić information content (AvgIpc) is 2.86. The van der Waals surface area contributed by atoms with Crippen LogP contribution in [0.5, 0.6) is 0 Å². The van der Waals surface area contributed by atoms with Crippen LogP contribution in [0.4, 0.5) is 0 Å². The highest BCUT2D eigenvalue weighted by atomic mass is 16.9. The second-order valence-electron chi connectivity index (χ2n) is 7.93. The quantitative estimate of drug-likeness (QED) is 0.809. The number of hydrogen-bond donors (Lipinski definition) is 1. The lowest BCUT2D eigenvalue weighted by Crippen LogP contribution is -2.58. The highest BCUT2D eigenvalue weighted by Gasteiger charge is 2.44. The van der Waals surface area contributed by atoms with Crippen molar-refractivity contribution in [3.8, 4) is 0 Å². The van der Waals surface area contributed by atoms with E-state index in [1.165, 1.54) is 32.1 Å². The summed E-state index contributed by atoms with van der Waals surface area (Å²) in [6.07, 6.45) is 7.90. The lowest BCUT2D eigenvalue weighted by molar-refractivity contribution is -0.384. The molecule has 2 aliphatic heterocycles. The summed E-state index contributed by atoms with van der Waals surface area (Å²) in [5, 5.41) is 3.49. The number of likely N-dealkylation sites (tertiary alicyclic amines) is 1. The van der Waals surface area contributed by atoms with Crippen molar-refractivity contribution in [2.45, 2.75) is 109 Å². The lowest BCUT2D eigenvalue weighted by atomic mass is 9.85. The molecule has 5 atom stereocenters. The second kappa shape index (κ2) is 7.71. The molecule has 3 aliphatic rings. The van der Waals surface area contributed by atoms with Gasteiger partial charge in [-0.15, -0.1) is 0 Å². The first-order valence-corrected chi connectivity index (χ1v) is 9.90. The van der Waals surface area contributed by atoms with Crippen molar-refractivity contribution in [3.05, 3.63) is 0 Å². The lowest BCUT2D eigenvalue weighted by Gasteiger charge is -2.41. The molecule has 2 heterocycles. The number of amides is 1. The smallest absolute Gasteiger partial charge is 0.239 e. The van der Waals surface area contributed by atoms with Crippen molar-refractivity contribution in [1.82, 2.24) is 10.2 Å². The number of fused-ring (bicyclic) bond motifs is 1. The first kappa shape index (κ1) is 18.2. The van der Waals surface area contributed by atoms with Crippen LogP contribution in [0.15, 0.2) is 0 Å². The first-order valence-electron chi connectivity index (χ1n) is 9.90. The third-order valence-electron chi connectivity index (χ3n) is 6.01. The zero-order chi connectivity index (χ0) is 17.3. The summed E-state index contributed by atoms with van der Waals surface area (Å²) in [6, 6.07) is 0.736. The van der Waals surface area contributed by atoms with Crippen molar-refractivity contribution in [1.29, 1.82) is 0 Å². The highest BCUT2D eigenvalue weighted by molar-refractivity contribution is 5.82. The Bertz CT molecular complexity index is 438. The summed E-state index contributed by atoms with van der Waals surface area (Å²) in [6.45, 7) is 8.27. The zero-order valence-corrected chi connectivity index (χ0v) is 15.7. The minimum absolute atomic E-state index is 0.0882. The fourth-order valence-corrected chi connectivity index (χ4v) is 4.89. The molecule has 0 radical (unpaired) electrons.